The van der Waals surface area contributed by atoms with Crippen molar-refractivity contribution in [3.63, 3.8) is 0 Å². The molecule has 1 unspecified atom stereocenters. The zero-order chi connectivity index (χ0) is 16.7. The number of carboxylic acid groups (broad SMARTS) is 1. The Kier molecular flexibility index (Phi) is 7.06. The van der Waals surface area contributed by atoms with E-state index in [1.165, 1.54) is 12.0 Å². The molecule has 128 valence electrons. The Balaban J connectivity index is 1.59. The number of aryl methyl sites for hydroxylation is 1. The summed E-state index contributed by atoms with van der Waals surface area (Å²) in [6.07, 6.45) is 4.49. The number of hydrogen-bond acceptors (Lipinski definition) is 3. The zero-order valence-electron chi connectivity index (χ0n) is 14.4. The van der Waals surface area contributed by atoms with E-state index >= 15 is 0 Å². The van der Waals surface area contributed by atoms with Crippen LogP contribution in [0.4, 0.5) is 0 Å². The third kappa shape index (κ3) is 5.96. The predicted octanol–water partition coefficient (Wildman–Crippen LogP) is 2.78. The van der Waals surface area contributed by atoms with Gasteiger partial charge in [0.2, 0.25) is 0 Å². The quantitative estimate of drug-likeness (QED) is 0.696. The van der Waals surface area contributed by atoms with Crippen LogP contribution < -0.4 is 5.32 Å². The molecule has 0 heterocycles. The smallest absolute Gasteiger partial charge is 0.317 e. The number of rotatable bonds is 10. The van der Waals surface area contributed by atoms with Crippen molar-refractivity contribution >= 4 is 5.97 Å². The van der Waals surface area contributed by atoms with Crippen molar-refractivity contribution in [1.82, 2.24) is 10.2 Å². The number of nitrogens with zero attached hydrogens (tertiary/aromatic N) is 1. The summed E-state index contributed by atoms with van der Waals surface area (Å²) >= 11 is 0. The van der Waals surface area contributed by atoms with Crippen LogP contribution in [0.1, 0.15) is 38.7 Å². The van der Waals surface area contributed by atoms with Crippen LogP contribution in [0.15, 0.2) is 30.3 Å². The van der Waals surface area contributed by atoms with Gasteiger partial charge in [0.15, 0.2) is 0 Å². The van der Waals surface area contributed by atoms with Gasteiger partial charge in [-0.05, 0) is 50.3 Å². The molecule has 0 aliphatic heterocycles. The van der Waals surface area contributed by atoms with Gasteiger partial charge in [-0.2, -0.15) is 0 Å². The summed E-state index contributed by atoms with van der Waals surface area (Å²) in [5.41, 5.74) is 1.41. The first-order valence-electron chi connectivity index (χ1n) is 8.81. The highest BCUT2D eigenvalue weighted by Crippen LogP contribution is 2.25. The lowest BCUT2D eigenvalue weighted by molar-refractivity contribution is -0.139. The highest BCUT2D eigenvalue weighted by atomic mass is 16.4. The molecule has 4 nitrogen and oxygen atoms in total. The van der Waals surface area contributed by atoms with Gasteiger partial charge in [0.1, 0.15) is 0 Å². The molecule has 0 radical (unpaired) electrons. The Morgan fingerprint density at radius 1 is 1.35 bits per heavy atom. The number of hydrogen-bond donors (Lipinski definition) is 2. The van der Waals surface area contributed by atoms with Crippen molar-refractivity contribution in [3.05, 3.63) is 35.9 Å². The van der Waals surface area contributed by atoms with Gasteiger partial charge in [-0.25, -0.2) is 0 Å². The van der Waals surface area contributed by atoms with E-state index in [4.69, 9.17) is 5.11 Å². The fourth-order valence-corrected chi connectivity index (χ4v) is 3.25. The lowest BCUT2D eigenvalue weighted by Crippen LogP contribution is -2.54. The summed E-state index contributed by atoms with van der Waals surface area (Å²) in [5, 5.41) is 12.6. The van der Waals surface area contributed by atoms with Crippen molar-refractivity contribution in [2.24, 2.45) is 5.92 Å². The summed E-state index contributed by atoms with van der Waals surface area (Å²) in [6, 6.07) is 11.6. The number of carboxylic acids is 1. The molecular weight excluding hydrogens is 288 g/mol. The Labute approximate surface area is 139 Å². The van der Waals surface area contributed by atoms with Crippen LogP contribution in [-0.4, -0.2) is 47.7 Å². The van der Waals surface area contributed by atoms with Crippen LogP contribution in [0.5, 0.6) is 0 Å². The van der Waals surface area contributed by atoms with Crippen LogP contribution >= 0.6 is 0 Å². The molecule has 0 saturated heterocycles. The first-order valence-corrected chi connectivity index (χ1v) is 8.81. The first kappa shape index (κ1) is 18.0. The molecule has 1 fully saturated rings. The van der Waals surface area contributed by atoms with Gasteiger partial charge in [-0.3, -0.25) is 9.69 Å². The molecular formula is C19H30N2O2. The molecule has 1 aliphatic rings. The Morgan fingerprint density at radius 2 is 2.04 bits per heavy atom. The van der Waals surface area contributed by atoms with Crippen molar-refractivity contribution in [2.75, 3.05) is 19.6 Å². The van der Waals surface area contributed by atoms with E-state index in [-0.39, 0.29) is 6.54 Å². The topological polar surface area (TPSA) is 52.6 Å². The highest BCUT2D eigenvalue weighted by Gasteiger charge is 2.33. The van der Waals surface area contributed by atoms with Crippen LogP contribution in [0.2, 0.25) is 0 Å². The predicted molar refractivity (Wildman–Crippen MR) is 93.6 cm³/mol. The van der Waals surface area contributed by atoms with Gasteiger partial charge in [-0.15, -0.1) is 0 Å². The fraction of sp³-hybridized carbons (Fsp3) is 0.632. The van der Waals surface area contributed by atoms with Crippen LogP contribution in [0, 0.1) is 5.92 Å². The largest absolute Gasteiger partial charge is 0.480 e. The number of nitrogens with one attached hydrogen (secondary N) is 1. The van der Waals surface area contributed by atoms with E-state index < -0.39 is 5.97 Å². The maximum atomic E-state index is 10.8. The molecule has 0 bridgehead atoms. The van der Waals surface area contributed by atoms with Crippen LogP contribution in [0.3, 0.4) is 0 Å². The molecule has 0 amide bonds. The van der Waals surface area contributed by atoms with Gasteiger partial charge in [0.05, 0.1) is 6.54 Å². The molecule has 2 rings (SSSR count). The minimum Gasteiger partial charge on any atom is -0.480 e. The number of benzene rings is 1. The maximum absolute atomic E-state index is 10.8. The highest BCUT2D eigenvalue weighted by molar-refractivity contribution is 5.69. The normalized spacial score (nSPS) is 21.9. The zero-order valence-corrected chi connectivity index (χ0v) is 14.4. The molecule has 0 aromatic heterocycles. The fourth-order valence-electron chi connectivity index (χ4n) is 3.25. The van der Waals surface area contributed by atoms with E-state index in [2.05, 4.69) is 47.5 Å². The minimum absolute atomic E-state index is 0.168. The Hall–Kier alpha value is -1.39. The summed E-state index contributed by atoms with van der Waals surface area (Å²) in [5.74, 6) is -0.0617. The van der Waals surface area contributed by atoms with Gasteiger partial charge < -0.3 is 10.4 Å². The number of likely N-dealkylation sites (N-methyl/N-ethyl adjacent to an activating group) is 1. The summed E-state index contributed by atoms with van der Waals surface area (Å²) in [4.78, 5) is 12.9. The third-order valence-corrected chi connectivity index (χ3v) is 4.90. The summed E-state index contributed by atoms with van der Waals surface area (Å²) < 4.78 is 0. The molecule has 1 saturated carbocycles. The first-order chi connectivity index (χ1) is 11.1. The third-order valence-electron chi connectivity index (χ3n) is 4.90. The van der Waals surface area contributed by atoms with Crippen molar-refractivity contribution < 1.29 is 9.90 Å². The van der Waals surface area contributed by atoms with Crippen LogP contribution in [0.25, 0.3) is 0 Å². The molecule has 1 atom stereocenters. The van der Waals surface area contributed by atoms with Crippen molar-refractivity contribution in [3.8, 4) is 0 Å². The molecule has 2 N–H and O–H groups in total. The van der Waals surface area contributed by atoms with E-state index in [1.807, 2.05) is 6.92 Å². The van der Waals surface area contributed by atoms with Gasteiger partial charge >= 0.3 is 5.97 Å². The molecule has 1 aromatic carbocycles. The van der Waals surface area contributed by atoms with Crippen molar-refractivity contribution in [2.45, 2.75) is 51.6 Å². The number of aliphatic carboxylic acids is 1. The number of carbonyl (C=O) groups is 1. The minimum atomic E-state index is -0.724. The molecule has 1 aromatic rings. The average molecular weight is 318 g/mol. The van der Waals surface area contributed by atoms with E-state index in [1.54, 1.807) is 0 Å². The maximum Gasteiger partial charge on any atom is 0.317 e. The molecule has 0 spiro atoms. The standard InChI is InChI=1S/C19H30N2O2/c1-3-21(14-19(22)23)18-11-17(12-18)20-13-15(2)9-10-16-7-5-4-6-8-16/h4-8,15,17-18,20H,3,9-14H2,1-2H3,(H,22,23). The molecule has 1 aliphatic carbocycles. The second-order valence-corrected chi connectivity index (χ2v) is 6.82. The van der Waals surface area contributed by atoms with Gasteiger partial charge in [0, 0.05) is 12.1 Å². The second kappa shape index (κ2) is 9.04. The van der Waals surface area contributed by atoms with E-state index in [0.29, 0.717) is 18.0 Å². The van der Waals surface area contributed by atoms with Crippen molar-refractivity contribution in [1.29, 1.82) is 0 Å². The van der Waals surface area contributed by atoms with E-state index in [0.717, 1.165) is 32.4 Å². The SMILES string of the molecule is CCN(CC(=O)O)C1CC(NCC(C)CCc2ccccc2)C1. The summed E-state index contributed by atoms with van der Waals surface area (Å²) in [6.45, 7) is 6.37. The molecule has 4 heteroatoms. The Morgan fingerprint density at radius 3 is 2.65 bits per heavy atom. The van der Waals surface area contributed by atoms with Gasteiger partial charge in [0.25, 0.3) is 0 Å². The monoisotopic (exact) mass is 318 g/mol. The molecule has 23 heavy (non-hydrogen) atoms. The second-order valence-electron chi connectivity index (χ2n) is 6.82. The Bertz CT molecular complexity index is 472. The summed E-state index contributed by atoms with van der Waals surface area (Å²) in [7, 11) is 0. The lowest BCUT2D eigenvalue weighted by Gasteiger charge is -2.42. The lowest BCUT2D eigenvalue weighted by atomic mass is 9.85. The average Bonchev–Trinajstić information content (AvgIpc) is 2.50. The van der Waals surface area contributed by atoms with Crippen LogP contribution in [-0.2, 0) is 11.2 Å². The van der Waals surface area contributed by atoms with E-state index in [9.17, 15) is 4.79 Å². The van der Waals surface area contributed by atoms with Gasteiger partial charge in [-0.1, -0.05) is 44.2 Å².